The lowest BCUT2D eigenvalue weighted by molar-refractivity contribution is -0.320. The van der Waals surface area contributed by atoms with Gasteiger partial charge in [0, 0.05) is 28.9 Å². The topological polar surface area (TPSA) is 64.3 Å². The first kappa shape index (κ1) is 20.2. The Morgan fingerprint density at radius 3 is 2.58 bits per heavy atom. The van der Waals surface area contributed by atoms with E-state index in [1.54, 1.807) is 0 Å². The number of carbonyl (C=O) groups excluding carboxylic acids is 1. The molecular formula is C27H38N2O2. The van der Waals surface area contributed by atoms with Gasteiger partial charge in [-0.05, 0) is 88.7 Å². The SMILES string of the molecule is CCOC[C@@]12CC3CC4(C(=O)NC5CCC(CN)CC5)C[C@](c5ccccc5)(C1)C42C3. The van der Waals surface area contributed by atoms with Gasteiger partial charge in [0.05, 0.1) is 12.0 Å². The summed E-state index contributed by atoms with van der Waals surface area (Å²) < 4.78 is 6.09. The minimum atomic E-state index is -0.175. The number of amides is 1. The van der Waals surface area contributed by atoms with E-state index in [1.165, 1.54) is 24.8 Å². The molecule has 2 bridgehead atoms. The highest BCUT2D eigenvalue weighted by Crippen LogP contribution is 2.95. The van der Waals surface area contributed by atoms with E-state index >= 15 is 0 Å². The van der Waals surface area contributed by atoms with Crippen LogP contribution in [0.2, 0.25) is 0 Å². The number of hydrogen-bond donors (Lipinski definition) is 2. The Morgan fingerprint density at radius 2 is 1.87 bits per heavy atom. The number of ether oxygens (including phenoxy) is 1. The van der Waals surface area contributed by atoms with Crippen LogP contribution in [0, 0.1) is 28.1 Å². The predicted octanol–water partition coefficient (Wildman–Crippen LogP) is 4.17. The molecule has 4 heteroatoms. The molecule has 5 aliphatic carbocycles. The van der Waals surface area contributed by atoms with Gasteiger partial charge in [-0.3, -0.25) is 4.79 Å². The fraction of sp³-hybridized carbons (Fsp3) is 0.741. The molecule has 0 heterocycles. The molecule has 31 heavy (non-hydrogen) atoms. The van der Waals surface area contributed by atoms with E-state index in [4.69, 9.17) is 10.5 Å². The molecule has 5 fully saturated rings. The monoisotopic (exact) mass is 422 g/mol. The van der Waals surface area contributed by atoms with Crippen LogP contribution >= 0.6 is 0 Å². The van der Waals surface area contributed by atoms with Gasteiger partial charge in [-0.1, -0.05) is 30.3 Å². The molecule has 1 amide bonds. The predicted molar refractivity (Wildman–Crippen MR) is 121 cm³/mol. The van der Waals surface area contributed by atoms with Crippen molar-refractivity contribution in [3.05, 3.63) is 35.9 Å². The van der Waals surface area contributed by atoms with Crippen LogP contribution in [0.25, 0.3) is 0 Å². The molecule has 5 aliphatic rings. The number of rotatable bonds is 7. The summed E-state index contributed by atoms with van der Waals surface area (Å²) in [5.41, 5.74) is 7.67. The molecule has 1 aromatic rings. The second-order valence-electron chi connectivity index (χ2n) is 11.6. The van der Waals surface area contributed by atoms with Crippen molar-refractivity contribution in [1.29, 1.82) is 0 Å². The van der Waals surface area contributed by atoms with Gasteiger partial charge in [0.2, 0.25) is 5.91 Å². The highest BCUT2D eigenvalue weighted by molar-refractivity contribution is 5.88. The van der Waals surface area contributed by atoms with Crippen molar-refractivity contribution < 1.29 is 9.53 Å². The van der Waals surface area contributed by atoms with Crippen LogP contribution in [-0.2, 0) is 14.9 Å². The summed E-state index contributed by atoms with van der Waals surface area (Å²) in [6.45, 7) is 4.49. The minimum absolute atomic E-state index is 0.104. The summed E-state index contributed by atoms with van der Waals surface area (Å²) in [6.07, 6.45) is 10.3. The molecule has 5 saturated carbocycles. The van der Waals surface area contributed by atoms with E-state index in [-0.39, 0.29) is 21.7 Å². The van der Waals surface area contributed by atoms with Crippen LogP contribution in [0.4, 0.5) is 0 Å². The van der Waals surface area contributed by atoms with Gasteiger partial charge < -0.3 is 15.8 Å². The second kappa shape index (κ2) is 6.81. The Bertz CT molecular complexity index is 865. The Labute approximate surface area is 186 Å². The summed E-state index contributed by atoms with van der Waals surface area (Å²) in [5, 5.41) is 3.57. The zero-order valence-corrected chi connectivity index (χ0v) is 19.0. The van der Waals surface area contributed by atoms with Crippen molar-refractivity contribution in [2.24, 2.45) is 33.8 Å². The van der Waals surface area contributed by atoms with Crippen molar-refractivity contribution in [1.82, 2.24) is 5.32 Å². The highest BCUT2D eigenvalue weighted by Gasteiger charge is 2.94. The Kier molecular flexibility index (Phi) is 4.44. The molecule has 1 spiro atoms. The average molecular weight is 423 g/mol. The van der Waals surface area contributed by atoms with Crippen LogP contribution in [0.5, 0.6) is 0 Å². The van der Waals surface area contributed by atoms with E-state index < -0.39 is 0 Å². The van der Waals surface area contributed by atoms with E-state index in [1.807, 2.05) is 0 Å². The molecule has 1 aromatic carbocycles. The van der Waals surface area contributed by atoms with E-state index in [0.717, 1.165) is 58.3 Å². The lowest BCUT2D eigenvalue weighted by atomic mass is 9.19. The summed E-state index contributed by atoms with van der Waals surface area (Å²) in [4.78, 5) is 14.0. The highest BCUT2D eigenvalue weighted by atomic mass is 16.5. The first-order valence-corrected chi connectivity index (χ1v) is 12.7. The first-order chi connectivity index (χ1) is 15.0. The number of hydrogen-bond acceptors (Lipinski definition) is 3. The van der Waals surface area contributed by atoms with Crippen LogP contribution in [0.3, 0.4) is 0 Å². The van der Waals surface area contributed by atoms with Crippen molar-refractivity contribution >= 4 is 5.91 Å². The van der Waals surface area contributed by atoms with Crippen LogP contribution in [0.1, 0.15) is 70.3 Å². The lowest BCUT2D eigenvalue weighted by Crippen LogP contribution is -2.84. The van der Waals surface area contributed by atoms with Crippen molar-refractivity contribution in [3.8, 4) is 0 Å². The van der Waals surface area contributed by atoms with Gasteiger partial charge in [0.25, 0.3) is 0 Å². The summed E-state index contributed by atoms with van der Waals surface area (Å²) in [7, 11) is 0. The third-order valence-corrected chi connectivity index (χ3v) is 10.6. The minimum Gasteiger partial charge on any atom is -0.381 e. The maximum absolute atomic E-state index is 14.0. The van der Waals surface area contributed by atoms with Gasteiger partial charge in [-0.15, -0.1) is 0 Å². The zero-order valence-electron chi connectivity index (χ0n) is 19.0. The number of fused-ring (bicyclic) bond motifs is 1. The molecule has 5 atom stereocenters. The number of benzene rings is 1. The summed E-state index contributed by atoms with van der Waals surface area (Å²) in [5.74, 6) is 1.71. The fourth-order valence-electron chi connectivity index (χ4n) is 9.78. The normalized spacial score (nSPS) is 46.7. The molecule has 3 N–H and O–H groups in total. The Morgan fingerprint density at radius 1 is 1.10 bits per heavy atom. The van der Waals surface area contributed by atoms with Gasteiger partial charge in [-0.25, -0.2) is 0 Å². The second-order valence-corrected chi connectivity index (χ2v) is 11.6. The third-order valence-electron chi connectivity index (χ3n) is 10.6. The number of nitrogens with one attached hydrogen (secondary N) is 1. The molecule has 6 rings (SSSR count). The Balaban J connectivity index is 1.31. The molecule has 4 nitrogen and oxygen atoms in total. The average Bonchev–Trinajstić information content (AvgIpc) is 3.26. The van der Waals surface area contributed by atoms with Crippen LogP contribution in [-0.4, -0.2) is 31.7 Å². The quantitative estimate of drug-likeness (QED) is 0.693. The van der Waals surface area contributed by atoms with E-state index in [9.17, 15) is 4.79 Å². The largest absolute Gasteiger partial charge is 0.381 e. The van der Waals surface area contributed by atoms with Crippen molar-refractivity contribution in [3.63, 3.8) is 0 Å². The van der Waals surface area contributed by atoms with Gasteiger partial charge >= 0.3 is 0 Å². The zero-order chi connectivity index (χ0) is 21.3. The smallest absolute Gasteiger partial charge is 0.227 e. The maximum atomic E-state index is 14.0. The Hall–Kier alpha value is -1.39. The van der Waals surface area contributed by atoms with E-state index in [2.05, 4.69) is 42.6 Å². The molecule has 168 valence electrons. The maximum Gasteiger partial charge on any atom is 0.227 e. The summed E-state index contributed by atoms with van der Waals surface area (Å²) in [6, 6.07) is 11.5. The van der Waals surface area contributed by atoms with Crippen molar-refractivity contribution in [2.75, 3.05) is 19.8 Å². The first-order valence-electron chi connectivity index (χ1n) is 12.7. The molecular weight excluding hydrogens is 384 g/mol. The van der Waals surface area contributed by atoms with Gasteiger partial charge in [-0.2, -0.15) is 0 Å². The summed E-state index contributed by atoms with van der Waals surface area (Å²) >= 11 is 0. The van der Waals surface area contributed by atoms with Gasteiger partial charge in [0.15, 0.2) is 0 Å². The third kappa shape index (κ3) is 2.31. The molecule has 0 saturated heterocycles. The van der Waals surface area contributed by atoms with E-state index in [0.29, 0.717) is 23.8 Å². The number of nitrogens with two attached hydrogens (primary N) is 1. The van der Waals surface area contributed by atoms with Crippen molar-refractivity contribution in [2.45, 2.75) is 76.2 Å². The van der Waals surface area contributed by atoms with Crippen LogP contribution < -0.4 is 11.1 Å². The molecule has 0 aromatic heterocycles. The molecule has 0 aliphatic heterocycles. The molecule has 3 unspecified atom stereocenters. The lowest BCUT2D eigenvalue weighted by Gasteiger charge is -2.83. The van der Waals surface area contributed by atoms with Crippen LogP contribution in [0.15, 0.2) is 30.3 Å². The number of carbonyl (C=O) groups is 1. The van der Waals surface area contributed by atoms with Gasteiger partial charge in [0.1, 0.15) is 0 Å². The fourth-order valence-corrected chi connectivity index (χ4v) is 9.78. The molecule has 0 radical (unpaired) electrons. The standard InChI is InChI=1S/C27H38N2O2/c1-2-31-18-24-12-20-13-25(23(30)29-22-10-8-19(15-28)9-11-22)17-26(16-24,27(24,25)14-20)21-6-4-3-5-7-21/h3-7,19-20,22H,2,8-18,28H2,1H3,(H,29,30)/t19?,20?,22?,24-,25?,26+,27?/m1/s1.